The average molecular weight is 245 g/mol. The molecular weight excluding hydrogens is 226 g/mol. The molecule has 0 bridgehead atoms. The van der Waals surface area contributed by atoms with Crippen LogP contribution in [-0.2, 0) is 6.54 Å². The van der Waals surface area contributed by atoms with E-state index >= 15 is 0 Å². The van der Waals surface area contributed by atoms with Crippen LogP contribution < -0.4 is 10.5 Å². The number of nitrogens with two attached hydrogens (primary N) is 1. The fourth-order valence-corrected chi connectivity index (χ4v) is 2.09. The maximum Gasteiger partial charge on any atom is 0.131 e. The van der Waals surface area contributed by atoms with E-state index in [2.05, 4.69) is 11.9 Å². The fourth-order valence-electron chi connectivity index (χ4n) is 2.09. The van der Waals surface area contributed by atoms with Crippen LogP contribution in [0.25, 0.3) is 11.3 Å². The van der Waals surface area contributed by atoms with Crippen LogP contribution >= 0.6 is 0 Å². The van der Waals surface area contributed by atoms with Crippen molar-refractivity contribution < 1.29 is 4.74 Å². The summed E-state index contributed by atoms with van der Waals surface area (Å²) in [5, 5.41) is 0. The molecule has 4 nitrogen and oxygen atoms in total. The third kappa shape index (κ3) is 2.18. The second-order valence-electron chi connectivity index (χ2n) is 4.10. The highest BCUT2D eigenvalue weighted by molar-refractivity contribution is 5.72. The van der Waals surface area contributed by atoms with Gasteiger partial charge in [-0.25, -0.2) is 4.98 Å². The lowest BCUT2D eigenvalue weighted by Gasteiger charge is -2.06. The van der Waals surface area contributed by atoms with E-state index in [0.717, 1.165) is 29.4 Å². The predicted octanol–water partition coefficient (Wildman–Crippen LogP) is 2.86. The van der Waals surface area contributed by atoms with Gasteiger partial charge >= 0.3 is 0 Å². The number of nitrogens with zero attached hydrogens (tertiary/aromatic N) is 2. The molecule has 1 aromatic heterocycles. The summed E-state index contributed by atoms with van der Waals surface area (Å²) in [4.78, 5) is 4.53. The number of imidazole rings is 1. The first-order chi connectivity index (χ1) is 8.67. The summed E-state index contributed by atoms with van der Waals surface area (Å²) in [7, 11) is 0. The number of hydrogen-bond donors (Lipinski definition) is 1. The Balaban J connectivity index is 2.45. The molecule has 0 saturated heterocycles. The summed E-state index contributed by atoms with van der Waals surface area (Å²) in [6.45, 7) is 7.48. The van der Waals surface area contributed by atoms with Crippen molar-refractivity contribution in [2.75, 3.05) is 12.3 Å². The van der Waals surface area contributed by atoms with Crippen molar-refractivity contribution in [3.8, 4) is 17.0 Å². The van der Waals surface area contributed by atoms with Crippen LogP contribution in [0.1, 0.15) is 19.7 Å². The van der Waals surface area contributed by atoms with Crippen LogP contribution in [0.15, 0.2) is 24.3 Å². The van der Waals surface area contributed by atoms with E-state index in [-0.39, 0.29) is 0 Å². The van der Waals surface area contributed by atoms with Crippen molar-refractivity contribution in [1.29, 1.82) is 0 Å². The lowest BCUT2D eigenvalue weighted by molar-refractivity contribution is 0.340. The normalized spacial score (nSPS) is 10.6. The molecule has 0 amide bonds. The Bertz CT molecular complexity index is 546. The molecular formula is C14H19N3O. The summed E-state index contributed by atoms with van der Waals surface area (Å²) in [5.74, 6) is 2.49. The quantitative estimate of drug-likeness (QED) is 0.901. The minimum absolute atomic E-state index is 0.654. The van der Waals surface area contributed by atoms with Gasteiger partial charge in [0.05, 0.1) is 6.61 Å². The van der Waals surface area contributed by atoms with E-state index in [9.17, 15) is 0 Å². The number of aromatic nitrogens is 2. The van der Waals surface area contributed by atoms with Crippen LogP contribution in [0, 0.1) is 6.92 Å². The SMILES string of the molecule is CCOc1cccc(-c2nc(C)n(CC)c2N)c1. The molecule has 0 unspecified atom stereocenters. The van der Waals surface area contributed by atoms with Gasteiger partial charge in [-0.3, -0.25) is 0 Å². The molecule has 0 aliphatic carbocycles. The molecule has 0 atom stereocenters. The van der Waals surface area contributed by atoms with E-state index in [0.29, 0.717) is 12.4 Å². The number of nitrogen functional groups attached to an aromatic ring is 1. The van der Waals surface area contributed by atoms with Gasteiger partial charge in [0.1, 0.15) is 23.1 Å². The van der Waals surface area contributed by atoms with Crippen LogP contribution in [-0.4, -0.2) is 16.2 Å². The third-order valence-electron chi connectivity index (χ3n) is 2.93. The molecule has 2 N–H and O–H groups in total. The fraction of sp³-hybridized carbons (Fsp3) is 0.357. The van der Waals surface area contributed by atoms with Crippen LogP contribution in [0.5, 0.6) is 5.75 Å². The van der Waals surface area contributed by atoms with E-state index in [1.165, 1.54) is 0 Å². The van der Waals surface area contributed by atoms with Gasteiger partial charge < -0.3 is 15.0 Å². The molecule has 0 aliphatic rings. The van der Waals surface area contributed by atoms with E-state index in [1.807, 2.05) is 42.7 Å². The van der Waals surface area contributed by atoms with Crippen molar-refractivity contribution in [3.05, 3.63) is 30.1 Å². The first kappa shape index (κ1) is 12.5. The van der Waals surface area contributed by atoms with Gasteiger partial charge in [0.2, 0.25) is 0 Å². The number of hydrogen-bond acceptors (Lipinski definition) is 3. The number of rotatable bonds is 4. The Morgan fingerprint density at radius 3 is 2.72 bits per heavy atom. The Morgan fingerprint density at radius 1 is 1.33 bits per heavy atom. The average Bonchev–Trinajstić information content (AvgIpc) is 2.65. The largest absolute Gasteiger partial charge is 0.494 e. The van der Waals surface area contributed by atoms with Crippen molar-refractivity contribution in [2.24, 2.45) is 0 Å². The lowest BCUT2D eigenvalue weighted by atomic mass is 10.1. The molecule has 1 aromatic carbocycles. The van der Waals surface area contributed by atoms with Gasteiger partial charge in [-0.05, 0) is 32.9 Å². The standard InChI is InChI=1S/C14H19N3O/c1-4-17-10(3)16-13(14(17)15)11-7-6-8-12(9-11)18-5-2/h6-9H,4-5,15H2,1-3H3. The van der Waals surface area contributed by atoms with Gasteiger partial charge in [0.15, 0.2) is 0 Å². The number of anilines is 1. The molecule has 0 saturated carbocycles. The van der Waals surface area contributed by atoms with Gasteiger partial charge in [-0.1, -0.05) is 12.1 Å². The minimum Gasteiger partial charge on any atom is -0.494 e. The number of ether oxygens (including phenoxy) is 1. The van der Waals surface area contributed by atoms with E-state index < -0.39 is 0 Å². The Hall–Kier alpha value is -1.97. The van der Waals surface area contributed by atoms with Crippen LogP contribution in [0.4, 0.5) is 5.82 Å². The van der Waals surface area contributed by atoms with Crippen LogP contribution in [0.2, 0.25) is 0 Å². The van der Waals surface area contributed by atoms with Crippen molar-refractivity contribution in [2.45, 2.75) is 27.3 Å². The first-order valence-electron chi connectivity index (χ1n) is 6.23. The zero-order chi connectivity index (χ0) is 13.1. The smallest absolute Gasteiger partial charge is 0.131 e. The van der Waals surface area contributed by atoms with Gasteiger partial charge in [-0.2, -0.15) is 0 Å². The number of aryl methyl sites for hydroxylation is 1. The molecule has 0 aliphatic heterocycles. The lowest BCUT2D eigenvalue weighted by Crippen LogP contribution is -2.02. The molecule has 0 radical (unpaired) electrons. The highest BCUT2D eigenvalue weighted by atomic mass is 16.5. The first-order valence-corrected chi connectivity index (χ1v) is 6.23. The Kier molecular flexibility index (Phi) is 3.55. The molecule has 96 valence electrons. The molecule has 0 fully saturated rings. The Morgan fingerprint density at radius 2 is 2.11 bits per heavy atom. The maximum atomic E-state index is 6.13. The maximum absolute atomic E-state index is 6.13. The second kappa shape index (κ2) is 5.12. The second-order valence-corrected chi connectivity index (χ2v) is 4.10. The summed E-state index contributed by atoms with van der Waals surface area (Å²) in [6, 6.07) is 7.87. The Labute approximate surface area is 107 Å². The van der Waals surface area contributed by atoms with Crippen molar-refractivity contribution >= 4 is 5.82 Å². The highest BCUT2D eigenvalue weighted by Crippen LogP contribution is 2.28. The zero-order valence-corrected chi connectivity index (χ0v) is 11.1. The summed E-state index contributed by atoms with van der Waals surface area (Å²) in [5.41, 5.74) is 7.95. The van der Waals surface area contributed by atoms with Crippen LogP contribution in [0.3, 0.4) is 0 Å². The van der Waals surface area contributed by atoms with Gasteiger partial charge in [0.25, 0.3) is 0 Å². The molecule has 2 rings (SSSR count). The number of benzene rings is 1. The van der Waals surface area contributed by atoms with Crippen molar-refractivity contribution in [1.82, 2.24) is 9.55 Å². The molecule has 18 heavy (non-hydrogen) atoms. The predicted molar refractivity (Wildman–Crippen MR) is 73.7 cm³/mol. The van der Waals surface area contributed by atoms with E-state index in [1.54, 1.807) is 0 Å². The minimum atomic E-state index is 0.654. The summed E-state index contributed by atoms with van der Waals surface area (Å²) >= 11 is 0. The molecule has 4 heteroatoms. The van der Waals surface area contributed by atoms with E-state index in [4.69, 9.17) is 10.5 Å². The molecule has 0 spiro atoms. The highest BCUT2D eigenvalue weighted by Gasteiger charge is 2.12. The monoisotopic (exact) mass is 245 g/mol. The van der Waals surface area contributed by atoms with Crippen molar-refractivity contribution in [3.63, 3.8) is 0 Å². The topological polar surface area (TPSA) is 53.1 Å². The van der Waals surface area contributed by atoms with Gasteiger partial charge in [0, 0.05) is 12.1 Å². The summed E-state index contributed by atoms with van der Waals surface area (Å²) in [6.07, 6.45) is 0. The van der Waals surface area contributed by atoms with Gasteiger partial charge in [-0.15, -0.1) is 0 Å². The molecule has 2 aromatic rings. The molecule has 1 heterocycles. The third-order valence-corrected chi connectivity index (χ3v) is 2.93. The zero-order valence-electron chi connectivity index (χ0n) is 11.1. The summed E-state index contributed by atoms with van der Waals surface area (Å²) < 4.78 is 7.50.